The van der Waals surface area contributed by atoms with Gasteiger partial charge in [0.05, 0.1) is 12.6 Å². The summed E-state index contributed by atoms with van der Waals surface area (Å²) in [5.41, 5.74) is 2.46. The zero-order chi connectivity index (χ0) is 12.7. The van der Waals surface area contributed by atoms with Crippen molar-refractivity contribution < 1.29 is 9.53 Å². The molecule has 3 aromatic rings. The van der Waals surface area contributed by atoms with Gasteiger partial charge in [0.15, 0.2) is 0 Å². The third-order valence-electron chi connectivity index (χ3n) is 3.35. The highest BCUT2D eigenvalue weighted by Crippen LogP contribution is 2.29. The number of methoxy groups -OCH3 is 1. The van der Waals surface area contributed by atoms with Crippen molar-refractivity contribution in [2.75, 3.05) is 7.11 Å². The van der Waals surface area contributed by atoms with Crippen LogP contribution in [0.4, 0.5) is 0 Å². The van der Waals surface area contributed by atoms with E-state index in [0.29, 0.717) is 5.69 Å². The van der Waals surface area contributed by atoms with E-state index in [4.69, 9.17) is 4.74 Å². The first kappa shape index (κ1) is 10.8. The number of benzene rings is 2. The zero-order valence-electron chi connectivity index (χ0n) is 10.3. The van der Waals surface area contributed by atoms with Crippen molar-refractivity contribution in [3.05, 3.63) is 47.7 Å². The summed E-state index contributed by atoms with van der Waals surface area (Å²) in [6.07, 6.45) is 0. The molecule has 1 N–H and O–H groups in total. The van der Waals surface area contributed by atoms with Gasteiger partial charge in [0.1, 0.15) is 5.69 Å². The van der Waals surface area contributed by atoms with Gasteiger partial charge in [-0.3, -0.25) is 0 Å². The van der Waals surface area contributed by atoms with Crippen molar-refractivity contribution in [1.82, 2.24) is 4.98 Å². The summed E-state index contributed by atoms with van der Waals surface area (Å²) in [6.45, 7) is 1.93. The first-order chi connectivity index (χ1) is 8.72. The number of nitrogens with one attached hydrogen (secondary N) is 1. The highest BCUT2D eigenvalue weighted by molar-refractivity contribution is 6.10. The second-order valence-corrected chi connectivity index (χ2v) is 4.33. The number of esters is 1. The van der Waals surface area contributed by atoms with Gasteiger partial charge in [0, 0.05) is 10.8 Å². The van der Waals surface area contributed by atoms with Gasteiger partial charge >= 0.3 is 5.97 Å². The van der Waals surface area contributed by atoms with Crippen molar-refractivity contribution in [1.29, 1.82) is 0 Å². The lowest BCUT2D eigenvalue weighted by molar-refractivity contribution is 0.0594. The molecule has 0 aliphatic rings. The molecule has 0 aliphatic carbocycles. The highest BCUT2D eigenvalue weighted by atomic mass is 16.5. The molecule has 0 radical (unpaired) electrons. The molecule has 2 aromatic carbocycles. The van der Waals surface area contributed by atoms with Gasteiger partial charge in [0.2, 0.25) is 0 Å². The number of hydrogen-bond donors (Lipinski definition) is 1. The van der Waals surface area contributed by atoms with E-state index in [-0.39, 0.29) is 5.97 Å². The second kappa shape index (κ2) is 3.88. The lowest BCUT2D eigenvalue weighted by Gasteiger charge is -1.98. The average molecular weight is 239 g/mol. The first-order valence-electron chi connectivity index (χ1n) is 5.80. The summed E-state index contributed by atoms with van der Waals surface area (Å²) in [5.74, 6) is -0.326. The average Bonchev–Trinajstić information content (AvgIpc) is 2.76. The van der Waals surface area contributed by atoms with E-state index < -0.39 is 0 Å². The van der Waals surface area contributed by atoms with E-state index in [9.17, 15) is 4.79 Å². The quantitative estimate of drug-likeness (QED) is 0.661. The van der Waals surface area contributed by atoms with Gasteiger partial charge in [-0.2, -0.15) is 0 Å². The van der Waals surface area contributed by atoms with Crippen LogP contribution in [0, 0.1) is 6.92 Å². The van der Waals surface area contributed by atoms with Crippen LogP contribution in [-0.4, -0.2) is 18.1 Å². The molecule has 1 heterocycles. The molecular formula is C15H13NO2. The SMILES string of the molecule is COC(=O)c1[nH]c2c(ccc3ccccc32)c1C. The van der Waals surface area contributed by atoms with Crippen LogP contribution in [0.3, 0.4) is 0 Å². The van der Waals surface area contributed by atoms with E-state index in [1.165, 1.54) is 7.11 Å². The van der Waals surface area contributed by atoms with Crippen LogP contribution in [0.25, 0.3) is 21.7 Å². The molecule has 0 amide bonds. The highest BCUT2D eigenvalue weighted by Gasteiger charge is 2.16. The number of hydrogen-bond acceptors (Lipinski definition) is 2. The van der Waals surface area contributed by atoms with Crippen molar-refractivity contribution >= 4 is 27.6 Å². The van der Waals surface area contributed by atoms with E-state index >= 15 is 0 Å². The molecule has 18 heavy (non-hydrogen) atoms. The van der Waals surface area contributed by atoms with E-state index in [2.05, 4.69) is 23.2 Å². The zero-order valence-corrected chi connectivity index (χ0v) is 10.3. The van der Waals surface area contributed by atoms with Gasteiger partial charge in [-0.05, 0) is 17.9 Å². The largest absolute Gasteiger partial charge is 0.464 e. The summed E-state index contributed by atoms with van der Waals surface area (Å²) >= 11 is 0. The lowest BCUT2D eigenvalue weighted by atomic mass is 10.1. The van der Waals surface area contributed by atoms with E-state index in [1.54, 1.807) is 0 Å². The van der Waals surface area contributed by atoms with Crippen LogP contribution in [0.2, 0.25) is 0 Å². The Morgan fingerprint density at radius 2 is 1.89 bits per heavy atom. The Balaban J connectivity index is 2.42. The summed E-state index contributed by atoms with van der Waals surface area (Å²) < 4.78 is 4.79. The molecule has 0 unspecified atom stereocenters. The van der Waals surface area contributed by atoms with Crippen LogP contribution in [0.15, 0.2) is 36.4 Å². The molecule has 1 aromatic heterocycles. The predicted molar refractivity (Wildman–Crippen MR) is 71.9 cm³/mol. The predicted octanol–water partition coefficient (Wildman–Crippen LogP) is 3.42. The number of H-pyrrole nitrogens is 1. The fraction of sp³-hybridized carbons (Fsp3) is 0.133. The molecule has 3 heteroatoms. The van der Waals surface area contributed by atoms with Crippen LogP contribution in [0.5, 0.6) is 0 Å². The minimum atomic E-state index is -0.326. The molecule has 0 saturated carbocycles. The van der Waals surface area contributed by atoms with Gasteiger partial charge in [-0.1, -0.05) is 36.4 Å². The Labute approximate surface area is 104 Å². The van der Waals surface area contributed by atoms with Crippen LogP contribution in [-0.2, 0) is 4.74 Å². The molecule has 0 atom stereocenters. The minimum Gasteiger partial charge on any atom is -0.464 e. The molecular weight excluding hydrogens is 226 g/mol. The molecule has 90 valence electrons. The third-order valence-corrected chi connectivity index (χ3v) is 3.35. The van der Waals surface area contributed by atoms with Crippen molar-refractivity contribution in [2.24, 2.45) is 0 Å². The standard InChI is InChI=1S/C15H13NO2/c1-9-11-8-7-10-5-3-4-6-12(10)14(11)16-13(9)15(17)18-2/h3-8,16H,1-2H3. The van der Waals surface area contributed by atoms with Gasteiger partial charge in [-0.25, -0.2) is 4.79 Å². The number of aromatic nitrogens is 1. The first-order valence-corrected chi connectivity index (χ1v) is 5.80. The van der Waals surface area contributed by atoms with Crippen LogP contribution < -0.4 is 0 Å². The number of carbonyl (C=O) groups is 1. The number of fused-ring (bicyclic) bond motifs is 3. The summed E-state index contributed by atoms with van der Waals surface area (Å²) in [4.78, 5) is 14.9. The number of ether oxygens (including phenoxy) is 1. The van der Waals surface area contributed by atoms with Crippen LogP contribution in [0.1, 0.15) is 16.1 Å². The molecule has 3 nitrogen and oxygen atoms in total. The smallest absolute Gasteiger partial charge is 0.354 e. The summed E-state index contributed by atoms with van der Waals surface area (Å²) in [7, 11) is 1.39. The number of aryl methyl sites for hydroxylation is 1. The van der Waals surface area contributed by atoms with Gasteiger partial charge in [-0.15, -0.1) is 0 Å². The fourth-order valence-corrected chi connectivity index (χ4v) is 2.38. The van der Waals surface area contributed by atoms with Crippen molar-refractivity contribution in [3.8, 4) is 0 Å². The Kier molecular flexibility index (Phi) is 2.33. The maximum absolute atomic E-state index is 11.7. The van der Waals surface area contributed by atoms with Gasteiger partial charge in [0.25, 0.3) is 0 Å². The molecule has 0 spiro atoms. The van der Waals surface area contributed by atoms with Crippen molar-refractivity contribution in [3.63, 3.8) is 0 Å². The molecule has 3 rings (SSSR count). The Morgan fingerprint density at radius 3 is 2.67 bits per heavy atom. The third kappa shape index (κ3) is 1.40. The topological polar surface area (TPSA) is 42.1 Å². The number of rotatable bonds is 1. The maximum Gasteiger partial charge on any atom is 0.354 e. The summed E-state index contributed by atoms with van der Waals surface area (Å²) in [5, 5.41) is 3.34. The number of aromatic amines is 1. The molecule has 0 bridgehead atoms. The minimum absolute atomic E-state index is 0.326. The Morgan fingerprint density at radius 1 is 1.11 bits per heavy atom. The van der Waals surface area contributed by atoms with E-state index in [0.717, 1.165) is 27.2 Å². The lowest BCUT2D eigenvalue weighted by Crippen LogP contribution is -2.02. The molecule has 0 aliphatic heterocycles. The fourth-order valence-electron chi connectivity index (χ4n) is 2.38. The molecule has 0 fully saturated rings. The second-order valence-electron chi connectivity index (χ2n) is 4.33. The molecule has 0 saturated heterocycles. The Bertz CT molecular complexity index is 756. The maximum atomic E-state index is 11.7. The number of carbonyl (C=O) groups excluding carboxylic acids is 1. The normalized spacial score (nSPS) is 11.0. The van der Waals surface area contributed by atoms with Crippen LogP contribution >= 0.6 is 0 Å². The van der Waals surface area contributed by atoms with E-state index in [1.807, 2.05) is 25.1 Å². The van der Waals surface area contributed by atoms with Gasteiger partial charge < -0.3 is 9.72 Å². The monoisotopic (exact) mass is 239 g/mol. The summed E-state index contributed by atoms with van der Waals surface area (Å²) in [6, 6.07) is 12.2. The Hall–Kier alpha value is -2.29. The van der Waals surface area contributed by atoms with Crippen molar-refractivity contribution in [2.45, 2.75) is 6.92 Å².